The van der Waals surface area contributed by atoms with Crippen LogP contribution in [0.4, 0.5) is 0 Å². The third-order valence-electron chi connectivity index (χ3n) is 4.28. The molecule has 0 saturated heterocycles. The minimum atomic E-state index is 0.871. The van der Waals surface area contributed by atoms with Gasteiger partial charge in [-0.25, -0.2) is 0 Å². The first-order valence-corrected chi connectivity index (χ1v) is 14.1. The fraction of sp³-hybridized carbons (Fsp3) is 0.100. The highest BCUT2D eigenvalue weighted by molar-refractivity contribution is 8.02. The van der Waals surface area contributed by atoms with Crippen LogP contribution < -0.4 is 0 Å². The lowest BCUT2D eigenvalue weighted by Gasteiger charge is -2.10. The highest BCUT2D eigenvalue weighted by Gasteiger charge is 2.25. The fourth-order valence-electron chi connectivity index (χ4n) is 3.04. The molecule has 0 radical (unpaired) electrons. The topological polar surface area (TPSA) is 0 Å². The molecule has 0 saturated carbocycles. The summed E-state index contributed by atoms with van der Waals surface area (Å²) in [5.74, 6) is 0. The molecule has 0 spiro atoms. The van der Waals surface area contributed by atoms with E-state index in [9.17, 15) is 0 Å². The van der Waals surface area contributed by atoms with E-state index in [0.717, 1.165) is 19.8 Å². The molecule has 0 fully saturated rings. The Balaban J connectivity index is 1.89. The summed E-state index contributed by atoms with van der Waals surface area (Å²) in [6.07, 6.45) is 0. The van der Waals surface area contributed by atoms with Gasteiger partial charge in [0.25, 0.3) is 0 Å². The van der Waals surface area contributed by atoms with Crippen molar-refractivity contribution in [2.75, 3.05) is 0 Å². The average molecular weight is 516 g/mol. The maximum Gasteiger partial charge on any atom is 0.0646 e. The lowest BCUT2D eigenvalue weighted by molar-refractivity contribution is 1.57. The summed E-state index contributed by atoms with van der Waals surface area (Å²) in [6.45, 7) is 4.21. The zero-order valence-electron chi connectivity index (χ0n) is 14.7. The number of hydrogen-bond donors (Lipinski definition) is 0. The van der Waals surface area contributed by atoms with Gasteiger partial charge in [-0.1, -0.05) is 58.9 Å². The summed E-state index contributed by atoms with van der Waals surface area (Å²) < 4.78 is 5.02. The number of benzene rings is 1. The van der Waals surface area contributed by atoms with Gasteiger partial charge in [0.05, 0.1) is 27.9 Å². The fourth-order valence-corrected chi connectivity index (χ4v) is 10.3. The first-order chi connectivity index (χ1) is 13.5. The molecule has 0 aliphatic heterocycles. The van der Waals surface area contributed by atoms with Gasteiger partial charge in [-0.2, -0.15) is 0 Å². The molecule has 0 unspecified atom stereocenters. The van der Waals surface area contributed by atoms with E-state index >= 15 is 0 Å². The molecular weight excluding hydrogens is 504 g/mol. The number of fused-ring (bicyclic) bond motifs is 2. The summed E-state index contributed by atoms with van der Waals surface area (Å²) in [4.78, 5) is 4.78. The quantitative estimate of drug-likeness (QED) is 0.233. The molecule has 0 amide bonds. The van der Waals surface area contributed by atoms with E-state index in [1.54, 1.807) is 68.9 Å². The summed E-state index contributed by atoms with van der Waals surface area (Å²) >= 11 is 24.4. The first-order valence-electron chi connectivity index (χ1n) is 8.30. The van der Waals surface area contributed by atoms with Crippen molar-refractivity contribution in [3.8, 4) is 0 Å². The Bertz CT molecular complexity index is 1190. The van der Waals surface area contributed by atoms with Crippen molar-refractivity contribution in [3.63, 3.8) is 0 Å². The number of aryl methyl sites for hydroxylation is 2. The zero-order valence-corrected chi connectivity index (χ0v) is 21.1. The van der Waals surface area contributed by atoms with Crippen LogP contribution in [0, 0.1) is 13.8 Å². The van der Waals surface area contributed by atoms with E-state index < -0.39 is 0 Å². The molecule has 1 aromatic carbocycles. The SMILES string of the molecule is Cc1sc2c(Sc3cccs3)c3c(Cl)c(C)sc3c(Sc3cccs3)c2c1Cl. The Morgan fingerprint density at radius 2 is 1.14 bits per heavy atom. The smallest absolute Gasteiger partial charge is 0.0646 e. The molecule has 0 bridgehead atoms. The molecule has 0 atom stereocenters. The largest absolute Gasteiger partial charge is 0.138 e. The van der Waals surface area contributed by atoms with Crippen molar-refractivity contribution in [2.45, 2.75) is 32.1 Å². The average Bonchev–Trinajstić information content (AvgIpc) is 3.44. The first kappa shape index (κ1) is 19.8. The predicted molar refractivity (Wildman–Crippen MR) is 134 cm³/mol. The number of halogens is 2. The van der Waals surface area contributed by atoms with Crippen LogP contribution in [-0.4, -0.2) is 0 Å². The lowest BCUT2D eigenvalue weighted by Crippen LogP contribution is -1.81. The highest BCUT2D eigenvalue weighted by atomic mass is 35.5. The molecule has 0 aliphatic carbocycles. The third kappa shape index (κ3) is 3.26. The monoisotopic (exact) mass is 514 g/mol. The molecule has 4 aromatic heterocycles. The maximum atomic E-state index is 6.85. The van der Waals surface area contributed by atoms with Crippen LogP contribution in [0.1, 0.15) is 9.75 Å². The highest BCUT2D eigenvalue weighted by Crippen LogP contribution is 2.56. The molecule has 4 heterocycles. The minimum absolute atomic E-state index is 0.871. The lowest BCUT2D eigenvalue weighted by atomic mass is 10.2. The second-order valence-electron chi connectivity index (χ2n) is 6.08. The van der Waals surface area contributed by atoms with Crippen molar-refractivity contribution in [2.24, 2.45) is 0 Å². The Kier molecular flexibility index (Phi) is 5.52. The summed E-state index contributed by atoms with van der Waals surface area (Å²) in [5.41, 5.74) is 0. The van der Waals surface area contributed by atoms with E-state index in [2.05, 4.69) is 48.9 Å². The summed E-state index contributed by atoms with van der Waals surface area (Å²) in [5, 5.41) is 8.32. The molecule has 8 heteroatoms. The van der Waals surface area contributed by atoms with E-state index in [4.69, 9.17) is 23.2 Å². The van der Waals surface area contributed by atoms with E-state index in [1.807, 2.05) is 0 Å². The van der Waals surface area contributed by atoms with Gasteiger partial charge >= 0.3 is 0 Å². The normalized spacial score (nSPS) is 11.9. The van der Waals surface area contributed by atoms with Crippen LogP contribution in [0.2, 0.25) is 10.0 Å². The van der Waals surface area contributed by atoms with Gasteiger partial charge in [-0.15, -0.1) is 45.3 Å². The second-order valence-corrected chi connectivity index (χ2v) is 13.8. The van der Waals surface area contributed by atoms with E-state index in [0.29, 0.717) is 0 Å². The van der Waals surface area contributed by atoms with Gasteiger partial charge in [-0.3, -0.25) is 0 Å². The Morgan fingerprint density at radius 1 is 0.714 bits per heavy atom. The van der Waals surface area contributed by atoms with Crippen LogP contribution in [0.25, 0.3) is 20.2 Å². The van der Waals surface area contributed by atoms with E-state index in [-0.39, 0.29) is 0 Å². The number of thiophene rings is 4. The molecule has 5 rings (SSSR count). The maximum absolute atomic E-state index is 6.85. The van der Waals surface area contributed by atoms with Gasteiger partial charge in [0.1, 0.15) is 0 Å². The minimum Gasteiger partial charge on any atom is -0.138 e. The Morgan fingerprint density at radius 3 is 1.50 bits per heavy atom. The Labute approximate surface area is 197 Å². The van der Waals surface area contributed by atoms with Crippen LogP contribution >= 0.6 is 92.1 Å². The number of rotatable bonds is 4. The van der Waals surface area contributed by atoms with Crippen molar-refractivity contribution >= 4 is 112 Å². The molecule has 142 valence electrons. The molecule has 5 aromatic rings. The van der Waals surface area contributed by atoms with Gasteiger partial charge in [0, 0.05) is 30.3 Å². The van der Waals surface area contributed by atoms with Gasteiger partial charge in [0.15, 0.2) is 0 Å². The van der Waals surface area contributed by atoms with Crippen molar-refractivity contribution in [1.29, 1.82) is 0 Å². The second kappa shape index (κ2) is 7.82. The van der Waals surface area contributed by atoms with Crippen molar-refractivity contribution < 1.29 is 0 Å². The number of hydrogen-bond acceptors (Lipinski definition) is 6. The van der Waals surface area contributed by atoms with Crippen LogP contribution in [0.3, 0.4) is 0 Å². The van der Waals surface area contributed by atoms with Gasteiger partial charge < -0.3 is 0 Å². The molecular formula is C20H12Cl2S6. The zero-order chi connectivity index (χ0) is 19.4. The standard InChI is InChI=1S/C20H12Cl2S6/c1-9-15(21)13-17(25-9)20(28-12-6-4-8-24-12)14-16(22)10(2)26-18(14)19(13)27-11-5-3-7-23-11/h3-8H,1-2H3. The molecule has 0 N–H and O–H groups in total. The van der Waals surface area contributed by atoms with Crippen LogP contribution in [0.15, 0.2) is 53.2 Å². The third-order valence-corrected chi connectivity index (χ3v) is 12.3. The Hall–Kier alpha value is -0.180. The summed E-state index contributed by atoms with van der Waals surface area (Å²) in [7, 11) is 0. The van der Waals surface area contributed by atoms with E-state index in [1.165, 1.54) is 38.4 Å². The van der Waals surface area contributed by atoms with Gasteiger partial charge in [-0.05, 0) is 36.7 Å². The molecule has 28 heavy (non-hydrogen) atoms. The molecule has 0 aliphatic rings. The van der Waals surface area contributed by atoms with Crippen molar-refractivity contribution in [1.82, 2.24) is 0 Å². The van der Waals surface area contributed by atoms with Crippen LogP contribution in [-0.2, 0) is 0 Å². The van der Waals surface area contributed by atoms with Crippen LogP contribution in [0.5, 0.6) is 0 Å². The summed E-state index contributed by atoms with van der Waals surface area (Å²) in [6, 6.07) is 8.51. The molecule has 0 nitrogen and oxygen atoms in total. The van der Waals surface area contributed by atoms with Crippen molar-refractivity contribution in [3.05, 3.63) is 54.8 Å². The predicted octanol–water partition coefficient (Wildman–Crippen LogP) is 10.5. The van der Waals surface area contributed by atoms with Gasteiger partial charge in [0.2, 0.25) is 0 Å².